The predicted molar refractivity (Wildman–Crippen MR) is 77.1 cm³/mol. The van der Waals surface area contributed by atoms with E-state index in [0.29, 0.717) is 32.0 Å². The molecule has 0 saturated carbocycles. The summed E-state index contributed by atoms with van der Waals surface area (Å²) in [6.07, 6.45) is 1.19. The van der Waals surface area contributed by atoms with Crippen LogP contribution in [0.15, 0.2) is 0 Å². The zero-order valence-electron chi connectivity index (χ0n) is 12.7. The Balaban J connectivity index is 2.59. The molecule has 2 atom stereocenters. The molecule has 1 heterocycles. The fourth-order valence-corrected chi connectivity index (χ4v) is 2.13. The summed E-state index contributed by atoms with van der Waals surface area (Å²) in [6, 6.07) is -0.453. The van der Waals surface area contributed by atoms with Crippen LogP contribution in [0.25, 0.3) is 0 Å². The largest absolute Gasteiger partial charge is 0.377 e. The highest BCUT2D eigenvalue weighted by Gasteiger charge is 2.32. The Morgan fingerprint density at radius 1 is 1.40 bits per heavy atom. The molecular weight excluding hydrogens is 258 g/mol. The average molecular weight is 285 g/mol. The van der Waals surface area contributed by atoms with Crippen LogP contribution in [0.5, 0.6) is 0 Å². The second-order valence-electron chi connectivity index (χ2n) is 5.72. The molecule has 0 spiro atoms. The van der Waals surface area contributed by atoms with Crippen molar-refractivity contribution in [3.05, 3.63) is 0 Å². The standard InChI is InChI=1S/C14H27N3O3/c1-10(2)16-14(19)12-9-20-7-6-17(12)13(18)5-4-11(3)8-15/h10-12H,4-9,15H2,1-3H3,(H,16,19). The number of nitrogens with zero attached hydrogens (tertiary/aromatic N) is 1. The Labute approximate surface area is 121 Å². The zero-order chi connectivity index (χ0) is 15.1. The Morgan fingerprint density at radius 3 is 2.70 bits per heavy atom. The third-order valence-corrected chi connectivity index (χ3v) is 3.44. The first kappa shape index (κ1) is 16.9. The lowest BCUT2D eigenvalue weighted by Gasteiger charge is -2.35. The van der Waals surface area contributed by atoms with Crippen LogP contribution < -0.4 is 11.1 Å². The summed E-state index contributed by atoms with van der Waals surface area (Å²) in [4.78, 5) is 26.0. The number of carbonyl (C=O) groups is 2. The Bertz CT molecular complexity index is 334. The maximum absolute atomic E-state index is 12.3. The lowest BCUT2D eigenvalue weighted by atomic mass is 10.0. The highest BCUT2D eigenvalue weighted by atomic mass is 16.5. The van der Waals surface area contributed by atoms with Gasteiger partial charge in [0.1, 0.15) is 6.04 Å². The molecule has 1 aliphatic rings. The first-order valence-electron chi connectivity index (χ1n) is 7.33. The number of nitrogens with two attached hydrogens (primary N) is 1. The minimum Gasteiger partial charge on any atom is -0.377 e. The molecule has 0 aromatic rings. The van der Waals surface area contributed by atoms with Gasteiger partial charge in [-0.3, -0.25) is 9.59 Å². The van der Waals surface area contributed by atoms with Gasteiger partial charge in [-0.05, 0) is 32.7 Å². The van der Waals surface area contributed by atoms with Crippen LogP contribution in [-0.4, -0.2) is 55.1 Å². The number of carbonyl (C=O) groups excluding carboxylic acids is 2. The van der Waals surface area contributed by atoms with Gasteiger partial charge in [0.2, 0.25) is 11.8 Å². The molecule has 0 bridgehead atoms. The van der Waals surface area contributed by atoms with Crippen molar-refractivity contribution in [1.82, 2.24) is 10.2 Å². The summed E-state index contributed by atoms with van der Waals surface area (Å²) in [5, 5.41) is 2.84. The third-order valence-electron chi connectivity index (χ3n) is 3.44. The van der Waals surface area contributed by atoms with E-state index in [1.165, 1.54) is 0 Å². The molecule has 3 N–H and O–H groups in total. The number of amides is 2. The van der Waals surface area contributed by atoms with E-state index in [1.807, 2.05) is 20.8 Å². The first-order valence-corrected chi connectivity index (χ1v) is 7.33. The van der Waals surface area contributed by atoms with E-state index >= 15 is 0 Å². The van der Waals surface area contributed by atoms with Gasteiger partial charge in [0.25, 0.3) is 0 Å². The molecule has 2 amide bonds. The third kappa shape index (κ3) is 5.09. The molecular formula is C14H27N3O3. The molecule has 0 radical (unpaired) electrons. The lowest BCUT2D eigenvalue weighted by Crippen LogP contribution is -2.56. The summed E-state index contributed by atoms with van der Waals surface area (Å²) in [7, 11) is 0. The second-order valence-corrected chi connectivity index (χ2v) is 5.72. The van der Waals surface area contributed by atoms with E-state index in [4.69, 9.17) is 10.5 Å². The molecule has 1 aliphatic heterocycles. The van der Waals surface area contributed by atoms with Crippen molar-refractivity contribution >= 4 is 11.8 Å². The predicted octanol–water partition coefficient (Wildman–Crippen LogP) is 0.113. The summed E-state index contributed by atoms with van der Waals surface area (Å²) in [6.45, 7) is 7.64. The monoisotopic (exact) mass is 285 g/mol. The molecule has 2 unspecified atom stereocenters. The van der Waals surface area contributed by atoms with Crippen LogP contribution in [-0.2, 0) is 14.3 Å². The minimum atomic E-state index is -0.508. The van der Waals surface area contributed by atoms with Crippen LogP contribution in [0.2, 0.25) is 0 Å². The van der Waals surface area contributed by atoms with Crippen LogP contribution in [0.4, 0.5) is 0 Å². The number of ether oxygens (including phenoxy) is 1. The number of nitrogens with one attached hydrogen (secondary N) is 1. The molecule has 1 fully saturated rings. The quantitative estimate of drug-likeness (QED) is 0.725. The summed E-state index contributed by atoms with van der Waals surface area (Å²) < 4.78 is 5.34. The van der Waals surface area contributed by atoms with E-state index in [-0.39, 0.29) is 24.5 Å². The first-order chi connectivity index (χ1) is 9.45. The molecule has 1 saturated heterocycles. The van der Waals surface area contributed by atoms with Crippen molar-refractivity contribution in [3.8, 4) is 0 Å². The van der Waals surface area contributed by atoms with Crippen molar-refractivity contribution < 1.29 is 14.3 Å². The van der Waals surface area contributed by atoms with E-state index in [2.05, 4.69) is 5.32 Å². The average Bonchev–Trinajstić information content (AvgIpc) is 2.43. The van der Waals surface area contributed by atoms with Crippen molar-refractivity contribution in [1.29, 1.82) is 0 Å². The van der Waals surface area contributed by atoms with Gasteiger partial charge < -0.3 is 20.7 Å². The van der Waals surface area contributed by atoms with Gasteiger partial charge in [0, 0.05) is 19.0 Å². The van der Waals surface area contributed by atoms with Gasteiger partial charge in [0.15, 0.2) is 0 Å². The highest BCUT2D eigenvalue weighted by molar-refractivity contribution is 5.88. The topological polar surface area (TPSA) is 84.7 Å². The zero-order valence-corrected chi connectivity index (χ0v) is 12.7. The Hall–Kier alpha value is -1.14. The molecule has 0 aromatic heterocycles. The molecule has 0 aromatic carbocycles. The van der Waals surface area contributed by atoms with Gasteiger partial charge >= 0.3 is 0 Å². The number of hydrogen-bond acceptors (Lipinski definition) is 4. The fraction of sp³-hybridized carbons (Fsp3) is 0.857. The van der Waals surface area contributed by atoms with Gasteiger partial charge in [-0.15, -0.1) is 0 Å². The Kier molecular flexibility index (Phi) is 6.95. The fourth-order valence-electron chi connectivity index (χ4n) is 2.13. The van der Waals surface area contributed by atoms with Crippen molar-refractivity contribution in [2.24, 2.45) is 11.7 Å². The van der Waals surface area contributed by atoms with Crippen molar-refractivity contribution in [2.45, 2.75) is 45.7 Å². The van der Waals surface area contributed by atoms with Crippen molar-refractivity contribution in [3.63, 3.8) is 0 Å². The van der Waals surface area contributed by atoms with Gasteiger partial charge in [-0.1, -0.05) is 6.92 Å². The molecule has 6 nitrogen and oxygen atoms in total. The van der Waals surface area contributed by atoms with Gasteiger partial charge in [-0.25, -0.2) is 0 Å². The van der Waals surface area contributed by atoms with Crippen molar-refractivity contribution in [2.75, 3.05) is 26.3 Å². The number of rotatable bonds is 6. The van der Waals surface area contributed by atoms with Crippen LogP contribution >= 0.6 is 0 Å². The van der Waals surface area contributed by atoms with E-state index in [0.717, 1.165) is 6.42 Å². The SMILES string of the molecule is CC(CN)CCC(=O)N1CCOCC1C(=O)NC(C)C. The summed E-state index contributed by atoms with van der Waals surface area (Å²) in [5.74, 6) is 0.195. The molecule has 0 aliphatic carbocycles. The number of morpholine rings is 1. The molecule has 1 rings (SSSR count). The van der Waals surface area contributed by atoms with Gasteiger partial charge in [-0.2, -0.15) is 0 Å². The molecule has 6 heteroatoms. The van der Waals surface area contributed by atoms with Gasteiger partial charge in [0.05, 0.1) is 13.2 Å². The Morgan fingerprint density at radius 2 is 2.10 bits per heavy atom. The second kappa shape index (κ2) is 8.21. The summed E-state index contributed by atoms with van der Waals surface area (Å²) >= 11 is 0. The van der Waals surface area contributed by atoms with E-state index in [9.17, 15) is 9.59 Å². The maximum Gasteiger partial charge on any atom is 0.245 e. The summed E-state index contributed by atoms with van der Waals surface area (Å²) in [5.41, 5.74) is 5.56. The molecule has 20 heavy (non-hydrogen) atoms. The van der Waals surface area contributed by atoms with Crippen LogP contribution in [0.3, 0.4) is 0 Å². The lowest BCUT2D eigenvalue weighted by molar-refractivity contribution is -0.148. The normalized spacial score (nSPS) is 20.9. The minimum absolute atomic E-state index is 0.0116. The smallest absolute Gasteiger partial charge is 0.245 e. The maximum atomic E-state index is 12.3. The highest BCUT2D eigenvalue weighted by Crippen LogP contribution is 2.13. The molecule has 116 valence electrons. The van der Waals surface area contributed by atoms with Crippen LogP contribution in [0, 0.1) is 5.92 Å². The number of hydrogen-bond donors (Lipinski definition) is 2. The van der Waals surface area contributed by atoms with Crippen LogP contribution in [0.1, 0.15) is 33.6 Å². The van der Waals surface area contributed by atoms with E-state index in [1.54, 1.807) is 4.90 Å². The van der Waals surface area contributed by atoms with E-state index < -0.39 is 6.04 Å².